The van der Waals surface area contributed by atoms with Gasteiger partial charge in [0.2, 0.25) is 5.91 Å². The molecule has 1 aliphatic rings. The molecule has 4 N–H and O–H groups in total. The number of hydrogen-bond acceptors (Lipinski definition) is 4. The minimum Gasteiger partial charge on any atom is -0.368 e. The van der Waals surface area contributed by atoms with E-state index in [-0.39, 0.29) is 0 Å². The van der Waals surface area contributed by atoms with Crippen LogP contribution in [-0.2, 0) is 4.79 Å². The standard InChI is InChI=1S/C11H24N4O/c1-14-5-3-9(4-6-14)7-15(2)8-10(12)11(13)16/h9-10H,3-8,12H2,1-2H3,(H2,13,16). The van der Waals surface area contributed by atoms with Crippen molar-refractivity contribution in [1.29, 1.82) is 0 Å². The molecule has 0 aliphatic carbocycles. The van der Waals surface area contributed by atoms with E-state index in [2.05, 4.69) is 16.8 Å². The highest BCUT2D eigenvalue weighted by Gasteiger charge is 2.19. The molecular weight excluding hydrogens is 204 g/mol. The number of nitrogens with two attached hydrogens (primary N) is 2. The van der Waals surface area contributed by atoms with E-state index in [9.17, 15) is 4.79 Å². The Morgan fingerprint density at radius 2 is 2.06 bits per heavy atom. The molecule has 1 atom stereocenters. The van der Waals surface area contributed by atoms with E-state index >= 15 is 0 Å². The summed E-state index contributed by atoms with van der Waals surface area (Å²) < 4.78 is 0. The molecule has 94 valence electrons. The summed E-state index contributed by atoms with van der Waals surface area (Å²) >= 11 is 0. The number of rotatable bonds is 5. The second-order valence-corrected chi connectivity index (χ2v) is 4.98. The van der Waals surface area contributed by atoms with Gasteiger partial charge in [0, 0.05) is 13.1 Å². The lowest BCUT2D eigenvalue weighted by Crippen LogP contribution is -2.46. The van der Waals surface area contributed by atoms with Crippen molar-refractivity contribution in [1.82, 2.24) is 9.80 Å². The Kier molecular flexibility index (Phi) is 5.18. The van der Waals surface area contributed by atoms with Crippen molar-refractivity contribution >= 4 is 5.91 Å². The maximum absolute atomic E-state index is 10.8. The molecule has 0 spiro atoms. The maximum Gasteiger partial charge on any atom is 0.235 e. The van der Waals surface area contributed by atoms with Crippen LogP contribution < -0.4 is 11.5 Å². The van der Waals surface area contributed by atoms with E-state index in [1.54, 1.807) is 0 Å². The summed E-state index contributed by atoms with van der Waals surface area (Å²) in [6.45, 7) is 3.90. The van der Waals surface area contributed by atoms with Crippen LogP contribution in [0.15, 0.2) is 0 Å². The van der Waals surface area contributed by atoms with E-state index < -0.39 is 11.9 Å². The van der Waals surface area contributed by atoms with E-state index in [0.717, 1.165) is 12.5 Å². The van der Waals surface area contributed by atoms with Gasteiger partial charge in [-0.1, -0.05) is 0 Å². The predicted octanol–water partition coefficient (Wildman–Crippen LogP) is -0.927. The number of primary amides is 1. The van der Waals surface area contributed by atoms with Gasteiger partial charge in [-0.25, -0.2) is 0 Å². The van der Waals surface area contributed by atoms with Crippen molar-refractivity contribution in [3.8, 4) is 0 Å². The molecule has 5 heteroatoms. The van der Waals surface area contributed by atoms with Crippen LogP contribution in [0.1, 0.15) is 12.8 Å². The van der Waals surface area contributed by atoms with Crippen LogP contribution in [0, 0.1) is 5.92 Å². The fraction of sp³-hybridized carbons (Fsp3) is 0.909. The highest BCUT2D eigenvalue weighted by atomic mass is 16.1. The molecule has 1 saturated heterocycles. The lowest BCUT2D eigenvalue weighted by atomic mass is 9.96. The molecule has 1 amide bonds. The molecule has 0 bridgehead atoms. The number of nitrogens with zero attached hydrogens (tertiary/aromatic N) is 2. The molecule has 1 aliphatic heterocycles. The average Bonchev–Trinajstić information content (AvgIpc) is 2.21. The van der Waals surface area contributed by atoms with Crippen molar-refractivity contribution in [2.45, 2.75) is 18.9 Å². The zero-order valence-corrected chi connectivity index (χ0v) is 10.4. The van der Waals surface area contributed by atoms with Crippen molar-refractivity contribution in [2.75, 3.05) is 40.3 Å². The molecule has 0 aromatic carbocycles. The average molecular weight is 228 g/mol. The Labute approximate surface area is 97.7 Å². The van der Waals surface area contributed by atoms with Crippen LogP contribution in [0.2, 0.25) is 0 Å². The van der Waals surface area contributed by atoms with Gasteiger partial charge >= 0.3 is 0 Å². The molecular formula is C11H24N4O. The molecule has 0 aromatic rings. The Morgan fingerprint density at radius 3 is 2.56 bits per heavy atom. The second-order valence-electron chi connectivity index (χ2n) is 4.98. The van der Waals surface area contributed by atoms with Crippen molar-refractivity contribution in [3.63, 3.8) is 0 Å². The molecule has 5 nitrogen and oxygen atoms in total. The van der Waals surface area contributed by atoms with Gasteiger partial charge in [0.15, 0.2) is 0 Å². The fourth-order valence-corrected chi connectivity index (χ4v) is 2.19. The minimum atomic E-state index is -0.545. The van der Waals surface area contributed by atoms with Crippen LogP contribution in [0.5, 0.6) is 0 Å². The van der Waals surface area contributed by atoms with Crippen LogP contribution >= 0.6 is 0 Å². The first-order valence-electron chi connectivity index (χ1n) is 5.91. The number of carbonyl (C=O) groups excluding carboxylic acids is 1. The summed E-state index contributed by atoms with van der Waals surface area (Å²) in [4.78, 5) is 15.3. The third-order valence-electron chi connectivity index (χ3n) is 3.28. The SMILES string of the molecule is CN1CCC(CN(C)CC(N)C(N)=O)CC1. The van der Waals surface area contributed by atoms with Gasteiger partial charge in [0.25, 0.3) is 0 Å². The van der Waals surface area contributed by atoms with Crippen LogP contribution in [-0.4, -0.2) is 62.0 Å². The van der Waals surface area contributed by atoms with Crippen LogP contribution in [0.25, 0.3) is 0 Å². The molecule has 0 saturated carbocycles. The smallest absolute Gasteiger partial charge is 0.235 e. The quantitative estimate of drug-likeness (QED) is 0.637. The fourth-order valence-electron chi connectivity index (χ4n) is 2.19. The first-order valence-corrected chi connectivity index (χ1v) is 5.91. The number of likely N-dealkylation sites (tertiary alicyclic amines) is 1. The van der Waals surface area contributed by atoms with Crippen molar-refractivity contribution in [3.05, 3.63) is 0 Å². The summed E-state index contributed by atoms with van der Waals surface area (Å²) in [7, 11) is 4.16. The molecule has 1 rings (SSSR count). The van der Waals surface area contributed by atoms with Crippen molar-refractivity contribution < 1.29 is 4.79 Å². The van der Waals surface area contributed by atoms with Gasteiger partial charge in [-0.05, 0) is 45.9 Å². The Hall–Kier alpha value is -0.650. The van der Waals surface area contributed by atoms with Gasteiger partial charge in [0.05, 0.1) is 6.04 Å². The summed E-state index contributed by atoms with van der Waals surface area (Å²) in [5.41, 5.74) is 10.8. The summed E-state index contributed by atoms with van der Waals surface area (Å²) in [6.07, 6.45) is 2.46. The van der Waals surface area contributed by atoms with Gasteiger partial charge in [0.1, 0.15) is 0 Å². The number of piperidine rings is 1. The Morgan fingerprint density at radius 1 is 1.50 bits per heavy atom. The number of likely N-dealkylation sites (N-methyl/N-ethyl adjacent to an activating group) is 1. The maximum atomic E-state index is 10.8. The number of amides is 1. The van der Waals surface area contributed by atoms with Gasteiger partial charge in [-0.3, -0.25) is 4.79 Å². The molecule has 1 heterocycles. The van der Waals surface area contributed by atoms with E-state index in [4.69, 9.17) is 11.5 Å². The summed E-state index contributed by atoms with van der Waals surface area (Å²) in [6, 6.07) is -0.545. The normalized spacial score (nSPS) is 21.2. The molecule has 0 radical (unpaired) electrons. The zero-order valence-electron chi connectivity index (χ0n) is 10.4. The number of carbonyl (C=O) groups is 1. The minimum absolute atomic E-state index is 0.421. The second kappa shape index (κ2) is 6.18. The first kappa shape index (κ1) is 13.4. The Balaban J connectivity index is 2.23. The summed E-state index contributed by atoms with van der Waals surface area (Å²) in [5.74, 6) is 0.302. The molecule has 1 fully saturated rings. The molecule has 16 heavy (non-hydrogen) atoms. The first-order chi connectivity index (χ1) is 7.49. The van der Waals surface area contributed by atoms with E-state index in [0.29, 0.717) is 6.54 Å². The lowest BCUT2D eigenvalue weighted by Gasteiger charge is -2.32. The monoisotopic (exact) mass is 228 g/mol. The molecule has 0 aromatic heterocycles. The molecule has 1 unspecified atom stereocenters. The topological polar surface area (TPSA) is 75.6 Å². The zero-order chi connectivity index (χ0) is 12.1. The number of hydrogen-bond donors (Lipinski definition) is 2. The highest BCUT2D eigenvalue weighted by molar-refractivity contribution is 5.79. The van der Waals surface area contributed by atoms with Gasteiger partial charge in [-0.15, -0.1) is 0 Å². The summed E-state index contributed by atoms with van der Waals surface area (Å²) in [5, 5.41) is 0. The van der Waals surface area contributed by atoms with E-state index in [1.165, 1.54) is 25.9 Å². The Bertz CT molecular complexity index is 226. The van der Waals surface area contributed by atoms with E-state index in [1.807, 2.05) is 7.05 Å². The lowest BCUT2D eigenvalue weighted by molar-refractivity contribution is -0.119. The van der Waals surface area contributed by atoms with Gasteiger partial charge < -0.3 is 21.3 Å². The van der Waals surface area contributed by atoms with Crippen LogP contribution in [0.3, 0.4) is 0 Å². The highest BCUT2D eigenvalue weighted by Crippen LogP contribution is 2.16. The predicted molar refractivity (Wildman–Crippen MR) is 64.9 cm³/mol. The third-order valence-corrected chi connectivity index (χ3v) is 3.28. The van der Waals surface area contributed by atoms with Crippen LogP contribution in [0.4, 0.5) is 0 Å². The van der Waals surface area contributed by atoms with Gasteiger partial charge in [-0.2, -0.15) is 0 Å². The van der Waals surface area contributed by atoms with Crippen molar-refractivity contribution in [2.24, 2.45) is 17.4 Å². The third kappa shape index (κ3) is 4.47. The largest absolute Gasteiger partial charge is 0.368 e.